The van der Waals surface area contributed by atoms with Crippen LogP contribution in [0.15, 0.2) is 47.5 Å². The van der Waals surface area contributed by atoms with E-state index >= 15 is 0 Å². The SMILES string of the molecule is CN=C(NCc1ccc(F)cc1C(F)(F)F)NCC1CCN(c2cccc(OC)c2)C1. The summed E-state index contributed by atoms with van der Waals surface area (Å²) in [6, 6.07) is 10.6. The van der Waals surface area contributed by atoms with E-state index in [2.05, 4.69) is 20.5 Å². The number of rotatable bonds is 6. The highest BCUT2D eigenvalue weighted by Gasteiger charge is 2.33. The minimum atomic E-state index is -4.62. The van der Waals surface area contributed by atoms with E-state index in [-0.39, 0.29) is 12.1 Å². The second-order valence-electron chi connectivity index (χ2n) is 7.41. The second-order valence-corrected chi connectivity index (χ2v) is 7.41. The molecular weight excluding hydrogens is 412 g/mol. The molecule has 0 saturated carbocycles. The number of halogens is 4. The molecule has 0 spiro atoms. The number of guanidine groups is 1. The Balaban J connectivity index is 1.53. The quantitative estimate of drug-likeness (QED) is 0.406. The largest absolute Gasteiger partial charge is 0.497 e. The van der Waals surface area contributed by atoms with Crippen molar-refractivity contribution in [3.8, 4) is 5.75 Å². The molecule has 2 aromatic carbocycles. The van der Waals surface area contributed by atoms with E-state index in [1.54, 1.807) is 14.2 Å². The highest BCUT2D eigenvalue weighted by molar-refractivity contribution is 5.79. The number of benzene rings is 2. The summed E-state index contributed by atoms with van der Waals surface area (Å²) in [5.74, 6) is 0.654. The fraction of sp³-hybridized carbons (Fsp3) is 0.409. The van der Waals surface area contributed by atoms with Crippen LogP contribution in [0, 0.1) is 11.7 Å². The highest BCUT2D eigenvalue weighted by atomic mass is 19.4. The number of aliphatic imine (C=N–C) groups is 1. The molecule has 1 heterocycles. The zero-order valence-corrected chi connectivity index (χ0v) is 17.5. The van der Waals surface area contributed by atoms with Crippen molar-refractivity contribution in [1.82, 2.24) is 10.6 Å². The van der Waals surface area contributed by atoms with Gasteiger partial charge in [0.25, 0.3) is 0 Å². The first-order valence-corrected chi connectivity index (χ1v) is 9.99. The first kappa shape index (κ1) is 22.7. The van der Waals surface area contributed by atoms with Crippen LogP contribution in [0.3, 0.4) is 0 Å². The fourth-order valence-electron chi connectivity index (χ4n) is 3.65. The summed E-state index contributed by atoms with van der Waals surface area (Å²) in [6.07, 6.45) is -3.64. The van der Waals surface area contributed by atoms with E-state index < -0.39 is 17.6 Å². The summed E-state index contributed by atoms with van der Waals surface area (Å²) in [5, 5.41) is 6.06. The van der Waals surface area contributed by atoms with Crippen LogP contribution in [0.1, 0.15) is 17.5 Å². The molecule has 1 aliphatic rings. The predicted octanol–water partition coefficient (Wildman–Crippen LogP) is 4.04. The first-order valence-electron chi connectivity index (χ1n) is 9.99. The topological polar surface area (TPSA) is 48.9 Å². The predicted molar refractivity (Wildman–Crippen MR) is 113 cm³/mol. The van der Waals surface area contributed by atoms with Gasteiger partial charge in [0.15, 0.2) is 5.96 Å². The Morgan fingerprint density at radius 1 is 1.19 bits per heavy atom. The Labute approximate surface area is 179 Å². The van der Waals surface area contributed by atoms with E-state index in [1.165, 1.54) is 0 Å². The molecule has 1 saturated heterocycles. The van der Waals surface area contributed by atoms with Gasteiger partial charge in [-0.3, -0.25) is 4.99 Å². The van der Waals surface area contributed by atoms with Crippen molar-refractivity contribution in [1.29, 1.82) is 0 Å². The number of ether oxygens (including phenoxy) is 1. The van der Waals surface area contributed by atoms with Gasteiger partial charge in [0.05, 0.1) is 12.7 Å². The molecule has 1 fully saturated rings. The minimum Gasteiger partial charge on any atom is -0.497 e. The molecule has 2 aromatic rings. The van der Waals surface area contributed by atoms with Gasteiger partial charge in [-0.15, -0.1) is 0 Å². The maximum absolute atomic E-state index is 13.3. The van der Waals surface area contributed by atoms with Crippen molar-refractivity contribution in [2.24, 2.45) is 10.9 Å². The zero-order valence-electron chi connectivity index (χ0n) is 17.5. The maximum atomic E-state index is 13.3. The van der Waals surface area contributed by atoms with Crippen molar-refractivity contribution < 1.29 is 22.3 Å². The first-order chi connectivity index (χ1) is 14.8. The third kappa shape index (κ3) is 6.02. The Bertz CT molecular complexity index is 917. The Morgan fingerprint density at radius 2 is 2.00 bits per heavy atom. The Hall–Kier alpha value is -2.97. The zero-order chi connectivity index (χ0) is 22.4. The lowest BCUT2D eigenvalue weighted by Gasteiger charge is -2.20. The van der Waals surface area contributed by atoms with Gasteiger partial charge in [-0.2, -0.15) is 13.2 Å². The van der Waals surface area contributed by atoms with Gasteiger partial charge < -0.3 is 20.3 Å². The average Bonchev–Trinajstić information content (AvgIpc) is 3.23. The van der Waals surface area contributed by atoms with Gasteiger partial charge in [-0.1, -0.05) is 12.1 Å². The average molecular weight is 438 g/mol. The van der Waals surface area contributed by atoms with E-state index in [4.69, 9.17) is 4.74 Å². The molecular formula is C22H26F4N4O. The minimum absolute atomic E-state index is 0.0399. The third-order valence-electron chi connectivity index (χ3n) is 5.31. The second kappa shape index (κ2) is 9.89. The van der Waals surface area contributed by atoms with Crippen LogP contribution < -0.4 is 20.3 Å². The van der Waals surface area contributed by atoms with Crippen LogP contribution in [0.4, 0.5) is 23.2 Å². The van der Waals surface area contributed by atoms with Gasteiger partial charge in [-0.05, 0) is 42.2 Å². The molecule has 9 heteroatoms. The summed E-state index contributed by atoms with van der Waals surface area (Å²) in [5.41, 5.74) is 0.0717. The van der Waals surface area contributed by atoms with Crippen molar-refractivity contribution in [3.63, 3.8) is 0 Å². The summed E-state index contributed by atoms with van der Waals surface area (Å²) < 4.78 is 58.0. The molecule has 0 radical (unpaired) electrons. The molecule has 2 N–H and O–H groups in total. The van der Waals surface area contributed by atoms with Gasteiger partial charge >= 0.3 is 6.18 Å². The van der Waals surface area contributed by atoms with E-state index in [9.17, 15) is 17.6 Å². The monoisotopic (exact) mass is 438 g/mol. The van der Waals surface area contributed by atoms with Gasteiger partial charge in [0.1, 0.15) is 11.6 Å². The number of hydrogen-bond acceptors (Lipinski definition) is 3. The Morgan fingerprint density at radius 3 is 2.71 bits per heavy atom. The molecule has 3 rings (SSSR count). The highest BCUT2D eigenvalue weighted by Crippen LogP contribution is 2.32. The molecule has 5 nitrogen and oxygen atoms in total. The van der Waals surface area contributed by atoms with E-state index in [1.807, 2.05) is 24.3 Å². The van der Waals surface area contributed by atoms with E-state index in [0.717, 1.165) is 43.1 Å². The lowest BCUT2D eigenvalue weighted by atomic mass is 10.1. The number of nitrogens with zero attached hydrogens (tertiary/aromatic N) is 2. The fourth-order valence-corrected chi connectivity index (χ4v) is 3.65. The van der Waals surface area contributed by atoms with Gasteiger partial charge in [-0.25, -0.2) is 4.39 Å². The summed E-state index contributed by atoms with van der Waals surface area (Å²) in [6.45, 7) is 2.29. The van der Waals surface area contributed by atoms with E-state index in [0.29, 0.717) is 24.5 Å². The summed E-state index contributed by atoms with van der Waals surface area (Å²) >= 11 is 0. The van der Waals surface area contributed by atoms with Crippen LogP contribution in [0.25, 0.3) is 0 Å². The van der Waals surface area contributed by atoms with Crippen LogP contribution in [-0.4, -0.2) is 39.8 Å². The molecule has 1 atom stereocenters. The number of anilines is 1. The van der Waals surface area contributed by atoms with Crippen molar-refractivity contribution in [3.05, 3.63) is 59.4 Å². The number of hydrogen-bond donors (Lipinski definition) is 2. The molecule has 0 aromatic heterocycles. The summed E-state index contributed by atoms with van der Waals surface area (Å²) in [7, 11) is 3.19. The third-order valence-corrected chi connectivity index (χ3v) is 5.31. The standard InChI is InChI=1S/C22H26F4N4O/c1-27-21(29-13-16-6-7-17(23)10-20(16)22(24,25)26)28-12-15-8-9-30(14-15)18-4-3-5-19(11-18)31-2/h3-7,10-11,15H,8-9,12-14H2,1-2H3,(H2,27,28,29). The molecule has 31 heavy (non-hydrogen) atoms. The molecule has 0 bridgehead atoms. The Kier molecular flexibility index (Phi) is 7.25. The lowest BCUT2D eigenvalue weighted by molar-refractivity contribution is -0.138. The molecule has 0 amide bonds. The van der Waals surface area contributed by atoms with Crippen molar-refractivity contribution >= 4 is 11.6 Å². The van der Waals surface area contributed by atoms with Crippen molar-refractivity contribution in [2.45, 2.75) is 19.1 Å². The maximum Gasteiger partial charge on any atom is 0.416 e. The normalized spacial score (nSPS) is 17.0. The van der Waals surface area contributed by atoms with Gasteiger partial charge in [0.2, 0.25) is 0 Å². The van der Waals surface area contributed by atoms with Crippen LogP contribution in [0.2, 0.25) is 0 Å². The molecule has 168 valence electrons. The lowest BCUT2D eigenvalue weighted by Crippen LogP contribution is -2.40. The number of methoxy groups -OCH3 is 1. The number of nitrogens with one attached hydrogen (secondary N) is 2. The van der Waals surface area contributed by atoms with Crippen LogP contribution >= 0.6 is 0 Å². The smallest absolute Gasteiger partial charge is 0.416 e. The van der Waals surface area contributed by atoms with Crippen LogP contribution in [-0.2, 0) is 12.7 Å². The molecule has 1 unspecified atom stereocenters. The summed E-state index contributed by atoms with van der Waals surface area (Å²) in [4.78, 5) is 6.36. The van der Waals surface area contributed by atoms with Crippen molar-refractivity contribution in [2.75, 3.05) is 38.7 Å². The van der Waals surface area contributed by atoms with Gasteiger partial charge in [0, 0.05) is 45.0 Å². The molecule has 1 aliphatic heterocycles. The van der Waals surface area contributed by atoms with Crippen LogP contribution in [0.5, 0.6) is 5.75 Å². The molecule has 0 aliphatic carbocycles. The number of alkyl halides is 3.